The Morgan fingerprint density at radius 2 is 2.00 bits per heavy atom. The van der Waals surface area contributed by atoms with E-state index in [9.17, 15) is 14.7 Å². The topological polar surface area (TPSA) is 92.3 Å². The van der Waals surface area contributed by atoms with Gasteiger partial charge in [-0.1, -0.05) is 26.0 Å². The summed E-state index contributed by atoms with van der Waals surface area (Å²) in [5.74, 6) is -0.133. The number of pyridine rings is 1. The molecule has 0 aliphatic carbocycles. The average Bonchev–Trinajstić information content (AvgIpc) is 2.58. The van der Waals surface area contributed by atoms with Crippen molar-refractivity contribution >= 4 is 5.78 Å². The minimum atomic E-state index is -0.638. The molecule has 26 heavy (non-hydrogen) atoms. The number of aromatic nitrogens is 1. The molecule has 1 aromatic carbocycles. The van der Waals surface area contributed by atoms with Crippen LogP contribution in [0.5, 0.6) is 11.6 Å². The fourth-order valence-electron chi connectivity index (χ4n) is 2.81. The zero-order valence-electron chi connectivity index (χ0n) is 15.6. The number of nitriles is 1. The quantitative estimate of drug-likeness (QED) is 0.833. The predicted octanol–water partition coefficient (Wildman–Crippen LogP) is 2.96. The number of carbonyl (C=O) groups is 1. The van der Waals surface area contributed by atoms with E-state index in [-0.39, 0.29) is 29.2 Å². The molecule has 0 atom stereocenters. The van der Waals surface area contributed by atoms with Crippen molar-refractivity contribution in [1.29, 1.82) is 5.26 Å². The first-order chi connectivity index (χ1) is 12.2. The highest BCUT2D eigenvalue weighted by atomic mass is 16.5. The van der Waals surface area contributed by atoms with Gasteiger partial charge < -0.3 is 9.84 Å². The molecule has 0 radical (unpaired) electrons. The molecule has 136 valence electrons. The maximum atomic E-state index is 12.6. The molecule has 0 amide bonds. The van der Waals surface area contributed by atoms with E-state index in [0.29, 0.717) is 5.75 Å². The van der Waals surface area contributed by atoms with Gasteiger partial charge in [0, 0.05) is 7.05 Å². The van der Waals surface area contributed by atoms with Gasteiger partial charge in [0.05, 0.1) is 5.56 Å². The van der Waals surface area contributed by atoms with Gasteiger partial charge >= 0.3 is 0 Å². The number of nitrogens with zero attached hydrogens (tertiary/aromatic N) is 2. The molecule has 0 bridgehead atoms. The fraction of sp³-hybridized carbons (Fsp3) is 0.350. The molecule has 0 aliphatic heterocycles. The summed E-state index contributed by atoms with van der Waals surface area (Å²) in [5, 5.41) is 19.4. The Balaban J connectivity index is 2.39. The molecule has 1 aromatic heterocycles. The van der Waals surface area contributed by atoms with Crippen molar-refractivity contribution < 1.29 is 14.6 Å². The first kappa shape index (κ1) is 19.3. The number of rotatable bonds is 5. The number of aromatic hydroxyl groups is 1. The van der Waals surface area contributed by atoms with Crippen LogP contribution in [-0.2, 0) is 7.05 Å². The minimum Gasteiger partial charge on any atom is -0.494 e. The van der Waals surface area contributed by atoms with E-state index in [2.05, 4.69) is 0 Å². The van der Waals surface area contributed by atoms with Crippen molar-refractivity contribution in [3.8, 4) is 17.7 Å². The van der Waals surface area contributed by atoms with Crippen molar-refractivity contribution in [3.63, 3.8) is 0 Å². The zero-order valence-corrected chi connectivity index (χ0v) is 15.6. The number of aryl methyl sites for hydroxylation is 1. The lowest BCUT2D eigenvalue weighted by Crippen LogP contribution is -2.25. The van der Waals surface area contributed by atoms with Gasteiger partial charge in [0.15, 0.2) is 6.61 Å². The average molecular weight is 354 g/mol. The second-order valence-electron chi connectivity index (χ2n) is 6.58. The normalized spacial score (nSPS) is 10.7. The number of hydrogen-bond donors (Lipinski definition) is 1. The molecular weight excluding hydrogens is 332 g/mol. The van der Waals surface area contributed by atoms with Crippen molar-refractivity contribution in [1.82, 2.24) is 4.57 Å². The van der Waals surface area contributed by atoms with Gasteiger partial charge in [-0.05, 0) is 42.5 Å². The molecule has 0 saturated carbocycles. The molecule has 6 nitrogen and oxygen atoms in total. The van der Waals surface area contributed by atoms with Crippen LogP contribution in [0.3, 0.4) is 0 Å². The number of benzene rings is 1. The fourth-order valence-corrected chi connectivity index (χ4v) is 2.81. The van der Waals surface area contributed by atoms with Crippen LogP contribution >= 0.6 is 0 Å². The molecule has 0 unspecified atom stereocenters. The Hall–Kier alpha value is -3.07. The summed E-state index contributed by atoms with van der Waals surface area (Å²) < 4.78 is 6.61. The lowest BCUT2D eigenvalue weighted by molar-refractivity contribution is 0.0915. The maximum absolute atomic E-state index is 12.6. The van der Waals surface area contributed by atoms with Crippen LogP contribution in [-0.4, -0.2) is 22.1 Å². The Labute approximate surface area is 152 Å². The summed E-state index contributed by atoms with van der Waals surface area (Å²) in [6.07, 6.45) is 0. The zero-order chi connectivity index (χ0) is 19.6. The van der Waals surface area contributed by atoms with Crippen molar-refractivity contribution in [3.05, 3.63) is 56.4 Å². The SMILES string of the molecule is Cc1ccc(C(C)C)c(OCC(=O)c2c(C)c(C#N)c(=O)n(C)c2O)c1. The van der Waals surface area contributed by atoms with Gasteiger partial charge in [-0.25, -0.2) is 0 Å². The molecule has 2 aromatic rings. The lowest BCUT2D eigenvalue weighted by atomic mass is 10.0. The smallest absolute Gasteiger partial charge is 0.271 e. The molecule has 0 aliphatic rings. The van der Waals surface area contributed by atoms with Crippen LogP contribution in [0.2, 0.25) is 0 Å². The molecule has 6 heteroatoms. The molecule has 0 fully saturated rings. The number of Topliss-reactive ketones (excluding diaryl/α,β-unsaturated/α-hetero) is 1. The Morgan fingerprint density at radius 1 is 1.35 bits per heavy atom. The van der Waals surface area contributed by atoms with Crippen LogP contribution < -0.4 is 10.3 Å². The first-order valence-electron chi connectivity index (χ1n) is 8.28. The molecule has 0 saturated heterocycles. The van der Waals surface area contributed by atoms with E-state index in [1.807, 2.05) is 39.0 Å². The summed E-state index contributed by atoms with van der Waals surface area (Å²) in [4.78, 5) is 24.6. The number of ether oxygens (including phenoxy) is 1. The number of carbonyl (C=O) groups excluding carboxylic acids is 1. The highest BCUT2D eigenvalue weighted by molar-refractivity contribution is 6.01. The third-order valence-corrected chi connectivity index (χ3v) is 4.35. The van der Waals surface area contributed by atoms with Crippen LogP contribution in [0.25, 0.3) is 0 Å². The van der Waals surface area contributed by atoms with Crippen molar-refractivity contribution in [2.45, 2.75) is 33.6 Å². The van der Waals surface area contributed by atoms with Crippen LogP contribution in [0.1, 0.15) is 52.4 Å². The van der Waals surface area contributed by atoms with E-state index in [4.69, 9.17) is 10.00 Å². The molecule has 1 N–H and O–H groups in total. The second-order valence-corrected chi connectivity index (χ2v) is 6.58. The summed E-state index contributed by atoms with van der Waals surface area (Å²) in [6.45, 7) is 7.16. The van der Waals surface area contributed by atoms with Crippen LogP contribution in [0.15, 0.2) is 23.0 Å². The lowest BCUT2D eigenvalue weighted by Gasteiger charge is -2.16. The van der Waals surface area contributed by atoms with Gasteiger partial charge in [-0.2, -0.15) is 5.26 Å². The van der Waals surface area contributed by atoms with Gasteiger partial charge in [-0.15, -0.1) is 0 Å². The Bertz CT molecular complexity index is 965. The molecule has 2 rings (SSSR count). The number of hydrogen-bond acceptors (Lipinski definition) is 5. The third-order valence-electron chi connectivity index (χ3n) is 4.35. The molecule has 1 heterocycles. The second kappa shape index (κ2) is 7.44. The standard InChI is InChI=1S/C20H22N2O4/c1-11(2)14-7-6-12(3)8-17(14)26-10-16(23)18-13(4)15(9-21)19(24)22(5)20(18)25/h6-8,11,25H,10H2,1-5H3. The van der Waals surface area contributed by atoms with Crippen molar-refractivity contribution in [2.24, 2.45) is 7.05 Å². The van der Waals surface area contributed by atoms with Crippen molar-refractivity contribution in [2.75, 3.05) is 6.61 Å². The summed E-state index contributed by atoms with van der Waals surface area (Å²) >= 11 is 0. The van der Waals surface area contributed by atoms with Crippen LogP contribution in [0, 0.1) is 25.2 Å². The van der Waals surface area contributed by atoms with Gasteiger partial charge in [-0.3, -0.25) is 14.2 Å². The summed E-state index contributed by atoms with van der Waals surface area (Å²) in [5.41, 5.74) is 1.28. The summed E-state index contributed by atoms with van der Waals surface area (Å²) in [6, 6.07) is 7.59. The highest BCUT2D eigenvalue weighted by Crippen LogP contribution is 2.28. The monoisotopic (exact) mass is 354 g/mol. The maximum Gasteiger partial charge on any atom is 0.271 e. The third kappa shape index (κ3) is 3.47. The van der Waals surface area contributed by atoms with E-state index >= 15 is 0 Å². The largest absolute Gasteiger partial charge is 0.494 e. The summed E-state index contributed by atoms with van der Waals surface area (Å²) in [7, 11) is 1.31. The van der Waals surface area contributed by atoms with Gasteiger partial charge in [0.1, 0.15) is 17.4 Å². The van der Waals surface area contributed by atoms with E-state index in [0.717, 1.165) is 15.7 Å². The van der Waals surface area contributed by atoms with E-state index in [1.54, 1.807) is 6.07 Å². The molecular formula is C20H22N2O4. The van der Waals surface area contributed by atoms with Crippen LogP contribution in [0.4, 0.5) is 0 Å². The van der Waals surface area contributed by atoms with E-state index in [1.165, 1.54) is 14.0 Å². The Morgan fingerprint density at radius 3 is 2.58 bits per heavy atom. The van der Waals surface area contributed by atoms with Gasteiger partial charge in [0.25, 0.3) is 5.56 Å². The van der Waals surface area contributed by atoms with Gasteiger partial charge in [0.2, 0.25) is 11.7 Å². The van der Waals surface area contributed by atoms with E-state index < -0.39 is 17.2 Å². The number of ketones is 1. The highest BCUT2D eigenvalue weighted by Gasteiger charge is 2.23. The molecule has 0 spiro atoms. The minimum absolute atomic E-state index is 0.0672. The first-order valence-corrected chi connectivity index (χ1v) is 8.28. The Kier molecular flexibility index (Phi) is 5.51. The predicted molar refractivity (Wildman–Crippen MR) is 97.9 cm³/mol.